The molecule has 2 aromatic carbocycles. The molecule has 1 fully saturated rings. The fourth-order valence-electron chi connectivity index (χ4n) is 4.30. The minimum absolute atomic E-state index is 0.0978. The van der Waals surface area contributed by atoms with Gasteiger partial charge in [-0.15, -0.1) is 13.2 Å². The van der Waals surface area contributed by atoms with Crippen molar-refractivity contribution in [3.63, 3.8) is 0 Å². The largest absolute Gasteiger partial charge is 0.573 e. The fraction of sp³-hybridized carbons (Fsp3) is 0.500. The van der Waals surface area contributed by atoms with Crippen molar-refractivity contribution in [1.29, 1.82) is 0 Å². The van der Waals surface area contributed by atoms with Crippen LogP contribution in [0.2, 0.25) is 0 Å². The Labute approximate surface area is 180 Å². The van der Waals surface area contributed by atoms with Crippen molar-refractivity contribution in [3.05, 3.63) is 64.7 Å². The van der Waals surface area contributed by atoms with Crippen molar-refractivity contribution in [2.75, 3.05) is 6.61 Å². The van der Waals surface area contributed by atoms with Gasteiger partial charge in [0.2, 0.25) is 0 Å². The predicted octanol–water partition coefficient (Wildman–Crippen LogP) is 4.34. The zero-order valence-corrected chi connectivity index (χ0v) is 17.5. The number of halogens is 3. The normalized spacial score (nSPS) is 24.6. The lowest BCUT2D eigenvalue weighted by molar-refractivity contribution is -0.275. The van der Waals surface area contributed by atoms with Gasteiger partial charge in [-0.25, -0.2) is 0 Å². The highest BCUT2D eigenvalue weighted by molar-refractivity contribution is 5.42. The molecule has 1 aliphatic rings. The summed E-state index contributed by atoms with van der Waals surface area (Å²) in [6.45, 7) is 1.78. The smallest absolute Gasteiger partial charge is 0.405 e. The summed E-state index contributed by atoms with van der Waals surface area (Å²) in [5.74, 6) is -1.22. The van der Waals surface area contributed by atoms with Gasteiger partial charge in [0.15, 0.2) is 0 Å². The van der Waals surface area contributed by atoms with Crippen LogP contribution in [-0.4, -0.2) is 40.5 Å². The fourth-order valence-corrected chi connectivity index (χ4v) is 4.30. The van der Waals surface area contributed by atoms with Crippen LogP contribution in [0.4, 0.5) is 13.2 Å². The molecule has 3 N–H and O–H groups in total. The Kier molecular flexibility index (Phi) is 7.62. The van der Waals surface area contributed by atoms with E-state index in [0.29, 0.717) is 24.8 Å². The van der Waals surface area contributed by atoms with Gasteiger partial charge in [-0.3, -0.25) is 0 Å². The van der Waals surface area contributed by atoms with Crippen LogP contribution in [0, 0.1) is 5.92 Å². The minimum atomic E-state index is -4.83. The van der Waals surface area contributed by atoms with Gasteiger partial charge in [-0.1, -0.05) is 43.3 Å². The number of aryl methyl sites for hydroxylation is 1. The molecule has 0 heterocycles. The van der Waals surface area contributed by atoms with Crippen molar-refractivity contribution in [1.82, 2.24) is 0 Å². The van der Waals surface area contributed by atoms with E-state index >= 15 is 0 Å². The van der Waals surface area contributed by atoms with E-state index in [-0.39, 0.29) is 18.8 Å². The van der Waals surface area contributed by atoms with Gasteiger partial charge in [0.25, 0.3) is 0 Å². The van der Waals surface area contributed by atoms with E-state index in [1.54, 1.807) is 12.1 Å². The van der Waals surface area contributed by atoms with Gasteiger partial charge in [-0.2, -0.15) is 0 Å². The summed E-state index contributed by atoms with van der Waals surface area (Å²) in [4.78, 5) is 0. The molecule has 0 saturated heterocycles. The number of rotatable bonds is 6. The van der Waals surface area contributed by atoms with Gasteiger partial charge < -0.3 is 20.1 Å². The van der Waals surface area contributed by atoms with Crippen LogP contribution in [0.3, 0.4) is 0 Å². The van der Waals surface area contributed by atoms with E-state index in [2.05, 4.69) is 11.7 Å². The number of alkyl halides is 3. The Bertz CT molecular complexity index is 851. The highest BCUT2D eigenvalue weighted by Gasteiger charge is 2.36. The van der Waals surface area contributed by atoms with Gasteiger partial charge in [-0.05, 0) is 66.3 Å². The van der Waals surface area contributed by atoms with E-state index < -0.39 is 30.4 Å². The zero-order valence-electron chi connectivity index (χ0n) is 17.5. The van der Waals surface area contributed by atoms with E-state index in [4.69, 9.17) is 0 Å². The molecule has 7 heteroatoms. The Morgan fingerprint density at radius 2 is 1.61 bits per heavy atom. The molecule has 0 amide bonds. The molecule has 0 aromatic heterocycles. The van der Waals surface area contributed by atoms with Crippen molar-refractivity contribution >= 4 is 0 Å². The van der Waals surface area contributed by atoms with Crippen LogP contribution < -0.4 is 4.74 Å². The number of hydrogen-bond donors (Lipinski definition) is 3. The van der Waals surface area contributed by atoms with Crippen LogP contribution in [0.25, 0.3) is 0 Å². The third-order valence-electron chi connectivity index (χ3n) is 6.10. The average Bonchev–Trinajstić information content (AvgIpc) is 2.87. The van der Waals surface area contributed by atoms with E-state index in [1.165, 1.54) is 11.6 Å². The maximum absolute atomic E-state index is 13.0. The van der Waals surface area contributed by atoms with Gasteiger partial charge >= 0.3 is 6.36 Å². The van der Waals surface area contributed by atoms with Crippen molar-refractivity contribution in [2.24, 2.45) is 5.92 Å². The SMILES string of the molecule is CCc1ccc(Cc2ccc(OC(F)(F)F)c([C@@H]3CC[C@H](CO)[C@@H](O)[C@H](O)C3)c2)cc1. The summed E-state index contributed by atoms with van der Waals surface area (Å²) >= 11 is 0. The molecular formula is C24H29F3O4. The van der Waals surface area contributed by atoms with Crippen LogP contribution in [0.5, 0.6) is 5.75 Å². The molecule has 0 bridgehead atoms. The first-order valence-electron chi connectivity index (χ1n) is 10.6. The molecule has 0 aliphatic heterocycles. The molecule has 4 atom stereocenters. The van der Waals surface area contributed by atoms with Crippen molar-refractivity contribution < 1.29 is 33.2 Å². The van der Waals surface area contributed by atoms with Gasteiger partial charge in [0.1, 0.15) is 5.75 Å². The second-order valence-corrected chi connectivity index (χ2v) is 8.28. The number of hydrogen-bond acceptors (Lipinski definition) is 4. The Morgan fingerprint density at radius 3 is 2.23 bits per heavy atom. The summed E-state index contributed by atoms with van der Waals surface area (Å²) in [6.07, 6.45) is -4.66. The summed E-state index contributed by atoms with van der Waals surface area (Å²) in [5.41, 5.74) is 3.46. The standard InChI is InChI=1S/C24H29F3O4/c1-2-15-3-5-16(6-4-15)11-17-7-10-22(31-24(25,26)27)20(12-17)18-8-9-19(14-28)23(30)21(29)13-18/h3-7,10,12,18-19,21,23,28-30H,2,8-9,11,13-14H2,1H3/t18-,19-,21-,23-/m1/s1. The third-order valence-corrected chi connectivity index (χ3v) is 6.10. The number of aliphatic hydroxyl groups is 3. The molecule has 31 heavy (non-hydrogen) atoms. The third kappa shape index (κ3) is 6.21. The number of ether oxygens (including phenoxy) is 1. The summed E-state index contributed by atoms with van der Waals surface area (Å²) in [7, 11) is 0. The molecule has 2 aromatic rings. The van der Waals surface area contributed by atoms with Crippen molar-refractivity contribution in [3.8, 4) is 5.75 Å². The number of benzene rings is 2. The van der Waals surface area contributed by atoms with Crippen LogP contribution in [0.1, 0.15) is 54.4 Å². The Balaban J connectivity index is 1.91. The van der Waals surface area contributed by atoms with Crippen LogP contribution >= 0.6 is 0 Å². The molecule has 0 radical (unpaired) electrons. The summed E-state index contributed by atoms with van der Waals surface area (Å²) in [6, 6.07) is 12.8. The maximum atomic E-state index is 13.0. The van der Waals surface area contributed by atoms with E-state index in [0.717, 1.165) is 17.5 Å². The first-order chi connectivity index (χ1) is 14.7. The second-order valence-electron chi connectivity index (χ2n) is 8.28. The monoisotopic (exact) mass is 438 g/mol. The molecule has 1 aliphatic carbocycles. The van der Waals surface area contributed by atoms with Gasteiger partial charge in [0.05, 0.1) is 12.2 Å². The van der Waals surface area contributed by atoms with Gasteiger partial charge in [0, 0.05) is 12.5 Å². The van der Waals surface area contributed by atoms with Crippen LogP contribution in [-0.2, 0) is 12.8 Å². The van der Waals surface area contributed by atoms with Crippen LogP contribution in [0.15, 0.2) is 42.5 Å². The maximum Gasteiger partial charge on any atom is 0.573 e. The first kappa shape index (κ1) is 23.6. The molecule has 1 saturated carbocycles. The highest BCUT2D eigenvalue weighted by Crippen LogP contribution is 2.40. The van der Waals surface area contributed by atoms with E-state index in [9.17, 15) is 28.5 Å². The lowest BCUT2D eigenvalue weighted by atomic mass is 9.88. The highest BCUT2D eigenvalue weighted by atomic mass is 19.4. The zero-order chi connectivity index (χ0) is 22.6. The topological polar surface area (TPSA) is 69.9 Å². The minimum Gasteiger partial charge on any atom is -0.405 e. The molecule has 0 unspecified atom stereocenters. The average molecular weight is 438 g/mol. The Hall–Kier alpha value is -2.09. The summed E-state index contributed by atoms with van der Waals surface area (Å²) in [5, 5.41) is 30.0. The quantitative estimate of drug-likeness (QED) is 0.587. The second kappa shape index (κ2) is 10.0. The lowest BCUT2D eigenvalue weighted by Crippen LogP contribution is -2.34. The van der Waals surface area contributed by atoms with E-state index in [1.807, 2.05) is 24.3 Å². The lowest BCUT2D eigenvalue weighted by Gasteiger charge is -2.23. The molecule has 170 valence electrons. The summed E-state index contributed by atoms with van der Waals surface area (Å²) < 4.78 is 43.3. The molecular weight excluding hydrogens is 409 g/mol. The number of aliphatic hydroxyl groups excluding tert-OH is 3. The molecule has 3 rings (SSSR count). The van der Waals surface area contributed by atoms with Crippen molar-refractivity contribution in [2.45, 2.75) is 63.5 Å². The molecule has 0 spiro atoms. The predicted molar refractivity (Wildman–Crippen MR) is 111 cm³/mol. The first-order valence-corrected chi connectivity index (χ1v) is 10.6. The molecule has 4 nitrogen and oxygen atoms in total. The Morgan fingerprint density at radius 1 is 0.968 bits per heavy atom.